The molecule has 3 nitrogen and oxygen atoms in total. The number of hydrogen-bond acceptors (Lipinski definition) is 3. The molecule has 0 fully saturated rings. The van der Waals surface area contributed by atoms with E-state index in [0.717, 1.165) is 25.8 Å². The van der Waals surface area contributed by atoms with E-state index < -0.39 is 0 Å². The minimum absolute atomic E-state index is 0.0526. The molecule has 0 rings (SSSR count). The van der Waals surface area contributed by atoms with Crippen molar-refractivity contribution in [3.05, 3.63) is 0 Å². The predicted octanol–water partition coefficient (Wildman–Crippen LogP) is 1.97. The van der Waals surface area contributed by atoms with E-state index in [9.17, 15) is 4.79 Å². The molecule has 0 aliphatic carbocycles. The first kappa shape index (κ1) is 13.4. The van der Waals surface area contributed by atoms with Gasteiger partial charge in [0.2, 0.25) is 0 Å². The third kappa shape index (κ3) is 9.52. The van der Waals surface area contributed by atoms with E-state index in [1.165, 1.54) is 0 Å². The number of carbonyl (C=O) groups excluding carboxylic acids is 1. The molecule has 0 spiro atoms. The Kier molecular flexibility index (Phi) is 8.64. The largest absolute Gasteiger partial charge is 0.465 e. The second-order valence-corrected chi connectivity index (χ2v) is 3.99. The van der Waals surface area contributed by atoms with E-state index >= 15 is 0 Å². The highest BCUT2D eigenvalue weighted by molar-refractivity contribution is 5.69. The maximum absolute atomic E-state index is 11.1. The van der Waals surface area contributed by atoms with Crippen LogP contribution in [-0.4, -0.2) is 26.2 Å². The van der Waals surface area contributed by atoms with Gasteiger partial charge in [0.25, 0.3) is 0 Å². The molecule has 0 unspecified atom stereocenters. The number of rotatable bonds is 8. The Labute approximate surface area is 87.2 Å². The molecular weight excluding hydrogens is 178 g/mol. The molecule has 0 amide bonds. The van der Waals surface area contributed by atoms with Crippen molar-refractivity contribution in [2.45, 2.75) is 39.5 Å². The summed E-state index contributed by atoms with van der Waals surface area (Å²) in [5.41, 5.74) is 0. The molecule has 0 saturated heterocycles. The standard InChI is InChI=1S/C11H23NO2/c1-10(2)9-14-11(13)7-5-4-6-8-12-3/h10,12H,4-9H2,1-3H3. The molecule has 1 N–H and O–H groups in total. The van der Waals surface area contributed by atoms with Gasteiger partial charge >= 0.3 is 5.97 Å². The van der Waals surface area contributed by atoms with Crippen molar-refractivity contribution >= 4 is 5.97 Å². The number of esters is 1. The van der Waals surface area contributed by atoms with Crippen LogP contribution in [0.3, 0.4) is 0 Å². The summed E-state index contributed by atoms with van der Waals surface area (Å²) in [6.07, 6.45) is 3.74. The van der Waals surface area contributed by atoms with Gasteiger partial charge in [0, 0.05) is 6.42 Å². The topological polar surface area (TPSA) is 38.3 Å². The highest BCUT2D eigenvalue weighted by atomic mass is 16.5. The Balaban J connectivity index is 3.18. The minimum Gasteiger partial charge on any atom is -0.465 e. The van der Waals surface area contributed by atoms with Gasteiger partial charge in [0.1, 0.15) is 0 Å². The lowest BCUT2D eigenvalue weighted by Crippen LogP contribution is -2.10. The fourth-order valence-corrected chi connectivity index (χ4v) is 1.08. The van der Waals surface area contributed by atoms with Crippen LogP contribution in [0.15, 0.2) is 0 Å². The number of hydrogen-bond donors (Lipinski definition) is 1. The van der Waals surface area contributed by atoms with Crippen molar-refractivity contribution < 1.29 is 9.53 Å². The monoisotopic (exact) mass is 201 g/mol. The van der Waals surface area contributed by atoms with E-state index in [-0.39, 0.29) is 5.97 Å². The van der Waals surface area contributed by atoms with Crippen LogP contribution < -0.4 is 5.32 Å². The Morgan fingerprint density at radius 1 is 1.29 bits per heavy atom. The first-order chi connectivity index (χ1) is 6.66. The van der Waals surface area contributed by atoms with E-state index in [4.69, 9.17) is 4.74 Å². The minimum atomic E-state index is -0.0526. The highest BCUT2D eigenvalue weighted by Crippen LogP contribution is 2.02. The van der Waals surface area contributed by atoms with Gasteiger partial charge in [-0.05, 0) is 32.4 Å². The van der Waals surface area contributed by atoms with Gasteiger partial charge in [0.15, 0.2) is 0 Å². The zero-order valence-corrected chi connectivity index (χ0v) is 9.64. The summed E-state index contributed by atoms with van der Waals surface area (Å²) < 4.78 is 5.06. The normalized spacial score (nSPS) is 10.6. The van der Waals surface area contributed by atoms with Crippen LogP contribution in [-0.2, 0) is 9.53 Å². The molecule has 14 heavy (non-hydrogen) atoms. The maximum atomic E-state index is 11.1. The molecule has 0 bridgehead atoms. The second kappa shape index (κ2) is 9.00. The summed E-state index contributed by atoms with van der Waals surface area (Å²) in [6, 6.07) is 0. The van der Waals surface area contributed by atoms with Crippen LogP contribution in [0.25, 0.3) is 0 Å². The van der Waals surface area contributed by atoms with Crippen molar-refractivity contribution in [1.29, 1.82) is 0 Å². The smallest absolute Gasteiger partial charge is 0.305 e. The third-order valence-electron chi connectivity index (χ3n) is 1.89. The number of unbranched alkanes of at least 4 members (excludes halogenated alkanes) is 2. The number of nitrogens with one attached hydrogen (secondary N) is 1. The molecule has 84 valence electrons. The van der Waals surface area contributed by atoms with Crippen LogP contribution in [0.5, 0.6) is 0 Å². The lowest BCUT2D eigenvalue weighted by atomic mass is 10.2. The van der Waals surface area contributed by atoms with Gasteiger partial charge in [-0.25, -0.2) is 0 Å². The van der Waals surface area contributed by atoms with Crippen molar-refractivity contribution in [3.63, 3.8) is 0 Å². The van der Waals surface area contributed by atoms with E-state index in [1.54, 1.807) is 0 Å². The molecule has 0 radical (unpaired) electrons. The third-order valence-corrected chi connectivity index (χ3v) is 1.89. The van der Waals surface area contributed by atoms with Crippen molar-refractivity contribution in [1.82, 2.24) is 5.32 Å². The molecule has 0 saturated carbocycles. The van der Waals surface area contributed by atoms with Gasteiger partial charge in [-0.1, -0.05) is 20.3 Å². The van der Waals surface area contributed by atoms with Crippen LogP contribution >= 0.6 is 0 Å². The summed E-state index contributed by atoms with van der Waals surface area (Å²) in [6.45, 7) is 5.66. The Morgan fingerprint density at radius 3 is 2.57 bits per heavy atom. The number of ether oxygens (including phenoxy) is 1. The lowest BCUT2D eigenvalue weighted by Gasteiger charge is -2.06. The lowest BCUT2D eigenvalue weighted by molar-refractivity contribution is -0.144. The van der Waals surface area contributed by atoms with Crippen LogP contribution in [0, 0.1) is 5.92 Å². The predicted molar refractivity (Wildman–Crippen MR) is 58.2 cm³/mol. The molecular formula is C11H23NO2. The van der Waals surface area contributed by atoms with Gasteiger partial charge in [-0.3, -0.25) is 4.79 Å². The zero-order valence-electron chi connectivity index (χ0n) is 9.64. The molecule has 0 atom stereocenters. The van der Waals surface area contributed by atoms with E-state index in [1.807, 2.05) is 20.9 Å². The first-order valence-electron chi connectivity index (χ1n) is 5.47. The Morgan fingerprint density at radius 2 is 2.00 bits per heavy atom. The fraction of sp³-hybridized carbons (Fsp3) is 0.909. The average molecular weight is 201 g/mol. The Hall–Kier alpha value is -0.570. The summed E-state index contributed by atoms with van der Waals surface area (Å²) >= 11 is 0. The second-order valence-electron chi connectivity index (χ2n) is 3.99. The highest BCUT2D eigenvalue weighted by Gasteiger charge is 2.03. The van der Waals surface area contributed by atoms with Crippen LogP contribution in [0.1, 0.15) is 39.5 Å². The van der Waals surface area contributed by atoms with Crippen molar-refractivity contribution in [2.24, 2.45) is 5.92 Å². The van der Waals surface area contributed by atoms with Gasteiger partial charge in [-0.15, -0.1) is 0 Å². The van der Waals surface area contributed by atoms with Crippen molar-refractivity contribution in [2.75, 3.05) is 20.2 Å². The molecule has 3 heteroatoms. The van der Waals surface area contributed by atoms with E-state index in [2.05, 4.69) is 5.32 Å². The molecule has 0 aromatic carbocycles. The molecule has 0 aromatic heterocycles. The SMILES string of the molecule is CNCCCCCC(=O)OCC(C)C. The molecule has 0 aromatic rings. The summed E-state index contributed by atoms with van der Waals surface area (Å²) in [7, 11) is 1.94. The molecule has 0 aliphatic rings. The quantitative estimate of drug-likeness (QED) is 0.482. The first-order valence-corrected chi connectivity index (χ1v) is 5.47. The molecule has 0 aliphatic heterocycles. The zero-order chi connectivity index (χ0) is 10.8. The summed E-state index contributed by atoms with van der Waals surface area (Å²) in [4.78, 5) is 11.1. The van der Waals surface area contributed by atoms with Gasteiger partial charge in [0.05, 0.1) is 6.61 Å². The Bertz CT molecular complexity index is 146. The van der Waals surface area contributed by atoms with Crippen molar-refractivity contribution in [3.8, 4) is 0 Å². The fourth-order valence-electron chi connectivity index (χ4n) is 1.08. The molecule has 0 heterocycles. The van der Waals surface area contributed by atoms with Gasteiger partial charge in [-0.2, -0.15) is 0 Å². The summed E-state index contributed by atoms with van der Waals surface area (Å²) in [5, 5.41) is 3.08. The average Bonchev–Trinajstić information content (AvgIpc) is 2.14. The number of carbonyl (C=O) groups is 1. The maximum Gasteiger partial charge on any atom is 0.305 e. The summed E-state index contributed by atoms with van der Waals surface area (Å²) in [5.74, 6) is 0.381. The van der Waals surface area contributed by atoms with E-state index in [0.29, 0.717) is 18.9 Å². The van der Waals surface area contributed by atoms with Crippen LogP contribution in [0.4, 0.5) is 0 Å². The van der Waals surface area contributed by atoms with Gasteiger partial charge < -0.3 is 10.1 Å². The van der Waals surface area contributed by atoms with Crippen LogP contribution in [0.2, 0.25) is 0 Å².